The van der Waals surface area contributed by atoms with Crippen molar-refractivity contribution in [1.82, 2.24) is 14.2 Å². The van der Waals surface area contributed by atoms with Crippen LogP contribution < -0.4 is 0 Å². The molecule has 1 amide bonds. The van der Waals surface area contributed by atoms with Crippen LogP contribution in [0.2, 0.25) is 0 Å². The molecule has 1 aromatic heterocycles. The van der Waals surface area contributed by atoms with Crippen LogP contribution in [-0.2, 0) is 14.8 Å². The maximum Gasteiger partial charge on any atom is 0.228 e. The van der Waals surface area contributed by atoms with E-state index in [4.69, 9.17) is 4.98 Å². The smallest absolute Gasteiger partial charge is 0.228 e. The number of pyridine rings is 1. The van der Waals surface area contributed by atoms with Crippen molar-refractivity contribution >= 4 is 15.9 Å². The van der Waals surface area contributed by atoms with Crippen LogP contribution in [0.3, 0.4) is 0 Å². The number of nitrogens with zero attached hydrogens (tertiary/aromatic N) is 3. The molecule has 0 radical (unpaired) electrons. The van der Waals surface area contributed by atoms with Gasteiger partial charge < -0.3 is 4.90 Å². The number of carbonyl (C=O) groups is 1. The van der Waals surface area contributed by atoms with Gasteiger partial charge in [-0.25, -0.2) is 12.7 Å². The van der Waals surface area contributed by atoms with Gasteiger partial charge in [-0.2, -0.15) is 0 Å². The van der Waals surface area contributed by atoms with Crippen LogP contribution in [0, 0.1) is 12.3 Å². The van der Waals surface area contributed by atoms with Crippen LogP contribution in [0.5, 0.6) is 0 Å². The Hall–Kier alpha value is -2.25. The molecule has 0 N–H and O–H groups in total. The topological polar surface area (TPSA) is 70.6 Å². The quantitative estimate of drug-likeness (QED) is 0.703. The Balaban J connectivity index is 1.47. The summed E-state index contributed by atoms with van der Waals surface area (Å²) in [5.74, 6) is 0.377. The number of carbonyl (C=O) groups excluding carboxylic acids is 1. The molecule has 6 nitrogen and oxygen atoms in total. The van der Waals surface area contributed by atoms with Crippen molar-refractivity contribution in [2.45, 2.75) is 45.4 Å². The van der Waals surface area contributed by atoms with Crippen molar-refractivity contribution < 1.29 is 13.2 Å². The van der Waals surface area contributed by atoms with Gasteiger partial charge in [0.15, 0.2) is 0 Å². The number of piperidine rings is 2. The van der Waals surface area contributed by atoms with Gasteiger partial charge in [-0.05, 0) is 50.8 Å². The Labute approximate surface area is 191 Å². The molecule has 4 rings (SSSR count). The number of aryl methyl sites for hydroxylation is 1. The summed E-state index contributed by atoms with van der Waals surface area (Å²) in [4.78, 5) is 20.4. The molecule has 0 saturated carbocycles. The van der Waals surface area contributed by atoms with Crippen molar-refractivity contribution in [3.63, 3.8) is 0 Å². The van der Waals surface area contributed by atoms with Gasteiger partial charge in [-0.1, -0.05) is 36.8 Å². The molecular weight excluding hydrogens is 422 g/mol. The van der Waals surface area contributed by atoms with E-state index >= 15 is 0 Å². The average Bonchev–Trinajstić information content (AvgIpc) is 2.78. The Morgan fingerprint density at radius 2 is 1.81 bits per heavy atom. The lowest BCUT2D eigenvalue weighted by Crippen LogP contribution is -2.51. The zero-order valence-corrected chi connectivity index (χ0v) is 20.1. The molecule has 0 spiro atoms. The molecule has 2 saturated heterocycles. The molecule has 0 aliphatic carbocycles. The molecule has 32 heavy (non-hydrogen) atoms. The third-order valence-corrected chi connectivity index (χ3v) is 8.33. The molecule has 172 valence electrons. The predicted octanol–water partition coefficient (Wildman–Crippen LogP) is 3.82. The maximum absolute atomic E-state index is 13.5. The monoisotopic (exact) mass is 455 g/mol. The Morgan fingerprint density at radius 1 is 1.09 bits per heavy atom. The minimum Gasteiger partial charge on any atom is -0.342 e. The molecule has 1 atom stereocenters. The van der Waals surface area contributed by atoms with E-state index < -0.39 is 15.4 Å². The molecule has 1 unspecified atom stereocenters. The van der Waals surface area contributed by atoms with Crippen molar-refractivity contribution in [2.75, 3.05) is 32.4 Å². The fraction of sp³-hybridized carbons (Fsp3) is 0.520. The highest BCUT2D eigenvalue weighted by Gasteiger charge is 2.42. The Kier molecular flexibility index (Phi) is 6.41. The van der Waals surface area contributed by atoms with Gasteiger partial charge in [0.1, 0.15) is 0 Å². The summed E-state index contributed by atoms with van der Waals surface area (Å²) >= 11 is 0. The third-order valence-electron chi connectivity index (χ3n) is 7.02. The Morgan fingerprint density at radius 3 is 2.50 bits per heavy atom. The van der Waals surface area contributed by atoms with Crippen LogP contribution in [0.25, 0.3) is 11.3 Å². The first kappa shape index (κ1) is 22.9. The van der Waals surface area contributed by atoms with Gasteiger partial charge in [0.2, 0.25) is 15.9 Å². The molecule has 2 aliphatic heterocycles. The van der Waals surface area contributed by atoms with E-state index in [9.17, 15) is 13.2 Å². The summed E-state index contributed by atoms with van der Waals surface area (Å²) in [6, 6.07) is 14.5. The van der Waals surface area contributed by atoms with Crippen molar-refractivity contribution in [1.29, 1.82) is 0 Å². The summed E-state index contributed by atoms with van der Waals surface area (Å²) in [5.41, 5.74) is 3.83. The predicted molar refractivity (Wildman–Crippen MR) is 127 cm³/mol. The van der Waals surface area contributed by atoms with Gasteiger partial charge in [0, 0.05) is 48.8 Å². The zero-order chi connectivity index (χ0) is 22.9. The molecular formula is C25H33N3O3S. The van der Waals surface area contributed by atoms with E-state index in [1.165, 1.54) is 16.1 Å². The summed E-state index contributed by atoms with van der Waals surface area (Å²) < 4.78 is 25.2. The Bertz CT molecular complexity index is 1090. The fourth-order valence-corrected chi connectivity index (χ4v) is 5.80. The molecule has 2 fully saturated rings. The van der Waals surface area contributed by atoms with E-state index in [0.717, 1.165) is 36.3 Å². The normalized spacial score (nSPS) is 22.0. The summed E-state index contributed by atoms with van der Waals surface area (Å²) in [5, 5.41) is 0. The van der Waals surface area contributed by atoms with Gasteiger partial charge in [-0.15, -0.1) is 0 Å². The first-order valence-electron chi connectivity index (χ1n) is 11.4. The SMILES string of the molecule is Cc1cccc(-c2cccc(C3CCCN(C(=O)C4(C)CCN(S(C)(=O)=O)CC4)C3)n2)c1. The van der Waals surface area contributed by atoms with E-state index in [1.54, 1.807) is 0 Å². The minimum absolute atomic E-state index is 0.158. The molecule has 0 bridgehead atoms. The molecule has 1 aromatic carbocycles. The van der Waals surface area contributed by atoms with Crippen LogP contribution in [0.15, 0.2) is 42.5 Å². The number of sulfonamides is 1. The van der Waals surface area contributed by atoms with Gasteiger partial charge in [-0.3, -0.25) is 9.78 Å². The summed E-state index contributed by atoms with van der Waals surface area (Å²) in [6.07, 6.45) is 4.36. The van der Waals surface area contributed by atoms with Crippen LogP contribution >= 0.6 is 0 Å². The van der Waals surface area contributed by atoms with Crippen molar-refractivity contribution in [3.8, 4) is 11.3 Å². The first-order chi connectivity index (χ1) is 15.2. The number of hydrogen-bond acceptors (Lipinski definition) is 4. The number of rotatable bonds is 4. The molecule has 2 aliphatic rings. The first-order valence-corrected chi connectivity index (χ1v) is 13.3. The standard InChI is InChI=1S/C25H33N3O3S/c1-19-7-4-8-20(17-19)22-10-5-11-23(26-22)21-9-6-14-27(18-21)24(29)25(2)12-15-28(16-13-25)32(3,30)31/h4-5,7-8,10-11,17,21H,6,9,12-16,18H2,1-3H3. The molecule has 3 heterocycles. The number of aromatic nitrogens is 1. The minimum atomic E-state index is -3.20. The van der Waals surface area contributed by atoms with Gasteiger partial charge >= 0.3 is 0 Å². The van der Waals surface area contributed by atoms with Crippen molar-refractivity contribution in [2.24, 2.45) is 5.41 Å². The molecule has 7 heteroatoms. The highest BCUT2D eigenvalue weighted by Crippen LogP contribution is 2.36. The second kappa shape index (κ2) is 8.94. The van der Waals surface area contributed by atoms with E-state index in [2.05, 4.69) is 43.3 Å². The number of likely N-dealkylation sites (tertiary alicyclic amines) is 1. The average molecular weight is 456 g/mol. The lowest BCUT2D eigenvalue weighted by atomic mass is 9.79. The van der Waals surface area contributed by atoms with Crippen molar-refractivity contribution in [3.05, 3.63) is 53.7 Å². The zero-order valence-electron chi connectivity index (χ0n) is 19.3. The van der Waals surface area contributed by atoms with E-state index in [1.807, 2.05) is 17.9 Å². The number of amides is 1. The number of hydrogen-bond donors (Lipinski definition) is 0. The largest absolute Gasteiger partial charge is 0.342 e. The van der Waals surface area contributed by atoms with Gasteiger partial charge in [0.05, 0.1) is 11.9 Å². The van der Waals surface area contributed by atoms with Gasteiger partial charge in [0.25, 0.3) is 0 Å². The summed E-state index contributed by atoms with van der Waals surface area (Å²) in [7, 11) is -3.20. The fourth-order valence-electron chi connectivity index (χ4n) is 4.95. The maximum atomic E-state index is 13.5. The highest BCUT2D eigenvalue weighted by atomic mass is 32.2. The van der Waals surface area contributed by atoms with Crippen LogP contribution in [-0.4, -0.2) is 60.9 Å². The van der Waals surface area contributed by atoms with E-state index in [0.29, 0.717) is 32.5 Å². The van der Waals surface area contributed by atoms with Crippen LogP contribution in [0.4, 0.5) is 0 Å². The van der Waals surface area contributed by atoms with E-state index in [-0.39, 0.29) is 11.8 Å². The summed E-state index contributed by atoms with van der Waals surface area (Å²) in [6.45, 7) is 6.35. The lowest BCUT2D eigenvalue weighted by molar-refractivity contribution is -0.144. The molecule has 2 aromatic rings. The second-order valence-electron chi connectivity index (χ2n) is 9.63. The van der Waals surface area contributed by atoms with Crippen LogP contribution in [0.1, 0.15) is 49.8 Å². The second-order valence-corrected chi connectivity index (χ2v) is 11.6. The number of benzene rings is 1. The lowest BCUT2D eigenvalue weighted by Gasteiger charge is -2.42. The highest BCUT2D eigenvalue weighted by molar-refractivity contribution is 7.88. The third kappa shape index (κ3) is 4.89.